The first-order valence-electron chi connectivity index (χ1n) is 5.65. The van der Waals surface area contributed by atoms with E-state index in [1.165, 1.54) is 0 Å². The zero-order valence-electron chi connectivity index (χ0n) is 9.98. The third-order valence-corrected chi connectivity index (χ3v) is 2.11. The lowest BCUT2D eigenvalue weighted by Crippen LogP contribution is -2.09. The lowest BCUT2D eigenvalue weighted by Gasteiger charge is -2.08. The number of unbranched alkanes of at least 4 members (excludes halogenated alkanes) is 1. The van der Waals surface area contributed by atoms with E-state index < -0.39 is 0 Å². The first-order valence-corrected chi connectivity index (χ1v) is 5.65. The number of pyridine rings is 1. The number of rotatable bonds is 7. The van der Waals surface area contributed by atoms with Gasteiger partial charge in [0.25, 0.3) is 0 Å². The molecule has 5 heteroatoms. The van der Waals surface area contributed by atoms with Crippen molar-refractivity contribution in [2.75, 3.05) is 25.6 Å². The van der Waals surface area contributed by atoms with Gasteiger partial charge in [-0.15, -0.1) is 0 Å². The van der Waals surface area contributed by atoms with Crippen molar-refractivity contribution in [1.82, 2.24) is 4.98 Å². The van der Waals surface area contributed by atoms with Crippen LogP contribution in [0, 0.1) is 11.3 Å². The molecule has 17 heavy (non-hydrogen) atoms. The van der Waals surface area contributed by atoms with Crippen LogP contribution in [0.5, 0.6) is 5.75 Å². The van der Waals surface area contributed by atoms with Gasteiger partial charge in [-0.25, -0.2) is 4.98 Å². The van der Waals surface area contributed by atoms with Crippen molar-refractivity contribution >= 4 is 5.82 Å². The molecule has 5 nitrogen and oxygen atoms in total. The van der Waals surface area contributed by atoms with Gasteiger partial charge in [0, 0.05) is 6.61 Å². The van der Waals surface area contributed by atoms with Crippen molar-refractivity contribution in [2.45, 2.75) is 19.8 Å². The minimum atomic E-state index is 0.207. The van der Waals surface area contributed by atoms with Gasteiger partial charge in [-0.1, -0.05) is 13.3 Å². The van der Waals surface area contributed by atoms with Crippen LogP contribution in [0.15, 0.2) is 12.1 Å². The Hall–Kier alpha value is -1.80. The minimum absolute atomic E-state index is 0.207. The van der Waals surface area contributed by atoms with Crippen LogP contribution in [-0.2, 0) is 4.74 Å². The van der Waals surface area contributed by atoms with Crippen LogP contribution in [0.2, 0.25) is 0 Å². The fourth-order valence-corrected chi connectivity index (χ4v) is 1.22. The number of aromatic nitrogens is 1. The summed E-state index contributed by atoms with van der Waals surface area (Å²) in [5.74, 6) is 0.758. The molecule has 0 bridgehead atoms. The Bertz CT molecular complexity index is 388. The molecule has 0 saturated carbocycles. The summed E-state index contributed by atoms with van der Waals surface area (Å²) in [6.07, 6.45) is 2.16. The molecule has 0 saturated heterocycles. The zero-order valence-corrected chi connectivity index (χ0v) is 9.98. The molecule has 0 atom stereocenters. The largest absolute Gasteiger partial charge is 0.488 e. The molecule has 0 aliphatic rings. The van der Waals surface area contributed by atoms with E-state index in [2.05, 4.69) is 11.9 Å². The van der Waals surface area contributed by atoms with Gasteiger partial charge < -0.3 is 15.2 Å². The van der Waals surface area contributed by atoms with Crippen LogP contribution in [-0.4, -0.2) is 24.8 Å². The second-order valence-corrected chi connectivity index (χ2v) is 3.51. The summed E-state index contributed by atoms with van der Waals surface area (Å²) in [5, 5.41) is 8.84. The molecule has 2 N–H and O–H groups in total. The molecule has 0 radical (unpaired) electrons. The maximum absolute atomic E-state index is 8.84. The van der Waals surface area contributed by atoms with Crippen molar-refractivity contribution < 1.29 is 9.47 Å². The molecule has 0 aliphatic carbocycles. The highest BCUT2D eigenvalue weighted by Crippen LogP contribution is 2.16. The van der Waals surface area contributed by atoms with Gasteiger partial charge >= 0.3 is 0 Å². The number of nitrogens with two attached hydrogens (primary N) is 1. The van der Waals surface area contributed by atoms with Crippen LogP contribution in [0.1, 0.15) is 25.5 Å². The fourth-order valence-electron chi connectivity index (χ4n) is 1.22. The highest BCUT2D eigenvalue weighted by atomic mass is 16.5. The molecule has 0 unspecified atom stereocenters. The van der Waals surface area contributed by atoms with Gasteiger partial charge in [0.15, 0.2) is 11.4 Å². The highest BCUT2D eigenvalue weighted by Gasteiger charge is 2.04. The number of ether oxygens (including phenoxy) is 2. The van der Waals surface area contributed by atoms with Crippen molar-refractivity contribution in [3.63, 3.8) is 0 Å². The van der Waals surface area contributed by atoms with Crippen molar-refractivity contribution in [1.29, 1.82) is 5.26 Å². The summed E-state index contributed by atoms with van der Waals surface area (Å²) < 4.78 is 10.7. The number of nitriles is 1. The SMILES string of the molecule is CCCCOCCOc1ccc(N)nc1C#N. The van der Waals surface area contributed by atoms with E-state index in [1.54, 1.807) is 12.1 Å². The van der Waals surface area contributed by atoms with E-state index in [-0.39, 0.29) is 5.69 Å². The molecule has 0 spiro atoms. The van der Waals surface area contributed by atoms with Crippen LogP contribution < -0.4 is 10.5 Å². The predicted octanol–water partition coefficient (Wildman–Crippen LogP) is 1.73. The van der Waals surface area contributed by atoms with Crippen molar-refractivity contribution in [2.24, 2.45) is 0 Å². The molecular formula is C12H17N3O2. The van der Waals surface area contributed by atoms with E-state index in [0.717, 1.165) is 19.4 Å². The molecule has 1 aromatic heterocycles. The number of anilines is 1. The number of nitrogen functional groups attached to an aromatic ring is 1. The Morgan fingerprint density at radius 2 is 2.18 bits per heavy atom. The molecular weight excluding hydrogens is 218 g/mol. The zero-order chi connectivity index (χ0) is 12.5. The summed E-state index contributed by atoms with van der Waals surface area (Å²) in [6, 6.07) is 5.19. The van der Waals surface area contributed by atoms with E-state index in [0.29, 0.717) is 24.8 Å². The maximum Gasteiger partial charge on any atom is 0.184 e. The van der Waals surface area contributed by atoms with Gasteiger partial charge in [0.05, 0.1) is 6.61 Å². The average molecular weight is 235 g/mol. The third-order valence-electron chi connectivity index (χ3n) is 2.11. The van der Waals surface area contributed by atoms with E-state index in [4.69, 9.17) is 20.5 Å². The first kappa shape index (κ1) is 13.3. The van der Waals surface area contributed by atoms with Crippen LogP contribution in [0.25, 0.3) is 0 Å². The smallest absolute Gasteiger partial charge is 0.184 e. The molecule has 1 aromatic rings. The summed E-state index contributed by atoms with van der Waals surface area (Å²) in [7, 11) is 0. The van der Waals surface area contributed by atoms with Gasteiger partial charge in [0.1, 0.15) is 18.5 Å². The summed E-state index contributed by atoms with van der Waals surface area (Å²) in [4.78, 5) is 3.87. The lowest BCUT2D eigenvalue weighted by atomic mass is 10.3. The second kappa shape index (κ2) is 7.47. The molecule has 1 heterocycles. The standard InChI is InChI=1S/C12H17N3O2/c1-2-3-6-16-7-8-17-11-4-5-12(14)15-10(11)9-13/h4-5H,2-3,6-8H2,1H3,(H2,14,15). The molecule has 0 amide bonds. The minimum Gasteiger partial charge on any atom is -0.488 e. The normalized spacial score (nSPS) is 9.88. The van der Waals surface area contributed by atoms with Gasteiger partial charge in [-0.2, -0.15) is 5.26 Å². The maximum atomic E-state index is 8.84. The topological polar surface area (TPSA) is 81.2 Å². The van der Waals surface area contributed by atoms with E-state index in [9.17, 15) is 0 Å². The first-order chi connectivity index (χ1) is 8.27. The molecule has 0 aromatic carbocycles. The number of hydrogen-bond donors (Lipinski definition) is 1. The van der Waals surface area contributed by atoms with Crippen LogP contribution in [0.4, 0.5) is 5.82 Å². The Kier molecular flexibility index (Phi) is 5.83. The van der Waals surface area contributed by atoms with Gasteiger partial charge in [0.2, 0.25) is 0 Å². The van der Waals surface area contributed by atoms with Crippen molar-refractivity contribution in [3.8, 4) is 11.8 Å². The van der Waals surface area contributed by atoms with Crippen molar-refractivity contribution in [3.05, 3.63) is 17.8 Å². The van der Waals surface area contributed by atoms with Crippen LogP contribution >= 0.6 is 0 Å². The number of hydrogen-bond acceptors (Lipinski definition) is 5. The third kappa shape index (κ3) is 4.70. The predicted molar refractivity (Wildman–Crippen MR) is 64.6 cm³/mol. The van der Waals surface area contributed by atoms with Crippen LogP contribution in [0.3, 0.4) is 0 Å². The summed E-state index contributed by atoms with van der Waals surface area (Å²) in [6.45, 7) is 3.77. The second-order valence-electron chi connectivity index (χ2n) is 3.51. The van der Waals surface area contributed by atoms with Gasteiger partial charge in [-0.05, 0) is 18.6 Å². The molecule has 92 valence electrons. The monoisotopic (exact) mass is 235 g/mol. The Morgan fingerprint density at radius 3 is 2.88 bits per heavy atom. The highest BCUT2D eigenvalue weighted by molar-refractivity contribution is 5.43. The summed E-state index contributed by atoms with van der Waals surface area (Å²) in [5.41, 5.74) is 5.68. The number of nitrogens with zero attached hydrogens (tertiary/aromatic N) is 2. The Labute approximate surface area is 101 Å². The Morgan fingerprint density at radius 1 is 1.35 bits per heavy atom. The van der Waals surface area contributed by atoms with E-state index >= 15 is 0 Å². The Balaban J connectivity index is 2.34. The summed E-state index contributed by atoms with van der Waals surface area (Å²) >= 11 is 0. The molecule has 0 aliphatic heterocycles. The lowest BCUT2D eigenvalue weighted by molar-refractivity contribution is 0.0978. The molecule has 1 rings (SSSR count). The quantitative estimate of drug-likeness (QED) is 0.728. The average Bonchev–Trinajstić information content (AvgIpc) is 2.35. The molecule has 0 fully saturated rings. The van der Waals surface area contributed by atoms with E-state index in [1.807, 2.05) is 6.07 Å². The fraction of sp³-hybridized carbons (Fsp3) is 0.500. The van der Waals surface area contributed by atoms with Gasteiger partial charge in [-0.3, -0.25) is 0 Å².